The zero-order chi connectivity index (χ0) is 17.0. The molecule has 2 heterocycles. The van der Waals surface area contributed by atoms with Crippen LogP contribution < -0.4 is 5.32 Å². The summed E-state index contributed by atoms with van der Waals surface area (Å²) in [7, 11) is 0. The Morgan fingerprint density at radius 1 is 1.29 bits per heavy atom. The smallest absolute Gasteiger partial charge is 0.251 e. The molecule has 0 spiro atoms. The predicted octanol–water partition coefficient (Wildman–Crippen LogP) is 2.88. The molecule has 1 atom stereocenters. The molecule has 6 heteroatoms. The number of rotatable bonds is 5. The van der Waals surface area contributed by atoms with E-state index in [1.54, 1.807) is 30.3 Å². The highest BCUT2D eigenvalue weighted by Crippen LogP contribution is 2.32. The van der Waals surface area contributed by atoms with Crippen molar-refractivity contribution in [1.29, 1.82) is 5.26 Å². The minimum Gasteiger partial charge on any atom is -0.472 e. The van der Waals surface area contributed by atoms with Gasteiger partial charge in [-0.05, 0) is 41.8 Å². The van der Waals surface area contributed by atoms with Gasteiger partial charge in [-0.3, -0.25) is 4.79 Å². The maximum absolute atomic E-state index is 12.3. The van der Waals surface area contributed by atoms with Crippen molar-refractivity contribution >= 4 is 17.2 Å². The van der Waals surface area contributed by atoms with Crippen molar-refractivity contribution in [2.45, 2.75) is 5.60 Å². The van der Waals surface area contributed by atoms with Crippen LogP contribution in [0.5, 0.6) is 0 Å². The molecule has 0 radical (unpaired) electrons. The predicted molar refractivity (Wildman–Crippen MR) is 89.5 cm³/mol. The largest absolute Gasteiger partial charge is 0.472 e. The van der Waals surface area contributed by atoms with Gasteiger partial charge in [0, 0.05) is 16.0 Å². The number of nitriles is 1. The van der Waals surface area contributed by atoms with Crippen LogP contribution in [0.4, 0.5) is 0 Å². The standard InChI is InChI=1S/C18H14N2O3S/c19-10-13-3-5-14(6-4-13)17(21)20-12-18(22,15-7-8-23-11-15)16-2-1-9-24-16/h1-9,11,22H,12H2,(H,20,21)/t18-/m1/s1. The summed E-state index contributed by atoms with van der Waals surface area (Å²) in [5.74, 6) is -0.321. The number of carbonyl (C=O) groups is 1. The number of benzene rings is 1. The second kappa shape index (κ2) is 6.71. The fourth-order valence-electron chi connectivity index (χ4n) is 2.35. The number of amides is 1. The van der Waals surface area contributed by atoms with Crippen molar-refractivity contribution in [3.05, 3.63) is 81.9 Å². The third-order valence-corrected chi connectivity index (χ3v) is 4.73. The molecule has 120 valence electrons. The van der Waals surface area contributed by atoms with Gasteiger partial charge in [-0.15, -0.1) is 11.3 Å². The van der Waals surface area contributed by atoms with Crippen LogP contribution in [-0.2, 0) is 5.60 Å². The van der Waals surface area contributed by atoms with E-state index in [9.17, 15) is 9.90 Å². The number of hydrogen-bond donors (Lipinski definition) is 2. The van der Waals surface area contributed by atoms with E-state index < -0.39 is 5.60 Å². The van der Waals surface area contributed by atoms with Gasteiger partial charge in [0.25, 0.3) is 5.91 Å². The molecule has 5 nitrogen and oxygen atoms in total. The molecular formula is C18H14N2O3S. The summed E-state index contributed by atoms with van der Waals surface area (Å²) in [5, 5.41) is 24.5. The number of thiophene rings is 1. The highest BCUT2D eigenvalue weighted by Gasteiger charge is 2.34. The van der Waals surface area contributed by atoms with E-state index in [2.05, 4.69) is 5.32 Å². The molecule has 0 unspecified atom stereocenters. The Bertz CT molecular complexity index is 813. The first-order valence-electron chi connectivity index (χ1n) is 7.21. The zero-order valence-electron chi connectivity index (χ0n) is 12.6. The minimum absolute atomic E-state index is 0.00583. The molecule has 1 aromatic carbocycles. The van der Waals surface area contributed by atoms with Crippen LogP contribution in [0.25, 0.3) is 0 Å². The topological polar surface area (TPSA) is 86.3 Å². The van der Waals surface area contributed by atoms with Gasteiger partial charge in [0.2, 0.25) is 0 Å². The Balaban J connectivity index is 1.79. The second-order valence-electron chi connectivity index (χ2n) is 5.22. The van der Waals surface area contributed by atoms with E-state index in [0.29, 0.717) is 21.6 Å². The molecule has 0 fully saturated rings. The number of nitrogens with one attached hydrogen (secondary N) is 1. The molecule has 3 aromatic rings. The summed E-state index contributed by atoms with van der Waals surface area (Å²) in [6.07, 6.45) is 2.95. The fourth-order valence-corrected chi connectivity index (χ4v) is 3.20. The summed E-state index contributed by atoms with van der Waals surface area (Å²) in [6.45, 7) is 0.00583. The fraction of sp³-hybridized carbons (Fsp3) is 0.111. The van der Waals surface area contributed by atoms with Crippen molar-refractivity contribution in [2.24, 2.45) is 0 Å². The molecule has 1 amide bonds. The van der Waals surface area contributed by atoms with Gasteiger partial charge in [0.15, 0.2) is 0 Å². The maximum Gasteiger partial charge on any atom is 0.251 e. The number of furan rings is 1. The third kappa shape index (κ3) is 3.08. The number of hydrogen-bond acceptors (Lipinski definition) is 5. The van der Waals surface area contributed by atoms with Gasteiger partial charge >= 0.3 is 0 Å². The Morgan fingerprint density at radius 2 is 2.08 bits per heavy atom. The van der Waals surface area contributed by atoms with Crippen LogP contribution in [0.15, 0.2) is 64.8 Å². The molecule has 0 aliphatic heterocycles. The summed E-state index contributed by atoms with van der Waals surface area (Å²) < 4.78 is 5.08. The van der Waals surface area contributed by atoms with Crippen LogP contribution in [0.2, 0.25) is 0 Å². The van der Waals surface area contributed by atoms with E-state index in [1.165, 1.54) is 23.9 Å². The van der Waals surface area contributed by atoms with E-state index in [0.717, 1.165) is 0 Å². The van der Waals surface area contributed by atoms with Gasteiger partial charge in [-0.2, -0.15) is 5.26 Å². The summed E-state index contributed by atoms with van der Waals surface area (Å²) in [4.78, 5) is 13.0. The van der Waals surface area contributed by atoms with E-state index >= 15 is 0 Å². The zero-order valence-corrected chi connectivity index (χ0v) is 13.4. The van der Waals surface area contributed by atoms with Gasteiger partial charge in [-0.25, -0.2) is 0 Å². The quantitative estimate of drug-likeness (QED) is 0.749. The lowest BCUT2D eigenvalue weighted by atomic mass is 9.94. The summed E-state index contributed by atoms with van der Waals surface area (Å²) in [5.41, 5.74) is 0.128. The molecule has 0 aliphatic rings. The first-order chi connectivity index (χ1) is 11.6. The lowest BCUT2D eigenvalue weighted by Crippen LogP contribution is -2.41. The van der Waals surface area contributed by atoms with Crippen LogP contribution in [0.3, 0.4) is 0 Å². The first-order valence-corrected chi connectivity index (χ1v) is 8.09. The van der Waals surface area contributed by atoms with Crippen molar-refractivity contribution in [3.63, 3.8) is 0 Å². The monoisotopic (exact) mass is 338 g/mol. The van der Waals surface area contributed by atoms with Crippen molar-refractivity contribution < 1.29 is 14.3 Å². The highest BCUT2D eigenvalue weighted by molar-refractivity contribution is 7.10. The van der Waals surface area contributed by atoms with Crippen LogP contribution in [0, 0.1) is 11.3 Å². The molecule has 0 aliphatic carbocycles. The average molecular weight is 338 g/mol. The Morgan fingerprint density at radius 3 is 2.67 bits per heavy atom. The number of aliphatic hydroxyl groups is 1. The minimum atomic E-state index is -1.36. The third-order valence-electron chi connectivity index (χ3n) is 3.71. The normalized spacial score (nSPS) is 13.0. The molecule has 2 aromatic heterocycles. The Hall–Kier alpha value is -2.88. The highest BCUT2D eigenvalue weighted by atomic mass is 32.1. The Kier molecular flexibility index (Phi) is 4.47. The average Bonchev–Trinajstić information content (AvgIpc) is 3.33. The van der Waals surface area contributed by atoms with Crippen molar-refractivity contribution in [3.8, 4) is 6.07 Å². The van der Waals surface area contributed by atoms with Crippen molar-refractivity contribution in [1.82, 2.24) is 5.32 Å². The van der Waals surface area contributed by atoms with Crippen molar-refractivity contribution in [2.75, 3.05) is 6.54 Å². The first kappa shape index (κ1) is 16.0. The van der Waals surface area contributed by atoms with Crippen LogP contribution in [0.1, 0.15) is 26.4 Å². The molecular weight excluding hydrogens is 324 g/mol. The molecule has 0 bridgehead atoms. The molecule has 0 saturated heterocycles. The molecule has 24 heavy (non-hydrogen) atoms. The SMILES string of the molecule is N#Cc1ccc(C(=O)NC[C@@](O)(c2ccoc2)c2cccs2)cc1. The summed E-state index contributed by atoms with van der Waals surface area (Å²) in [6, 6.07) is 13.6. The van der Waals surface area contributed by atoms with Gasteiger partial charge in [0.05, 0.1) is 30.7 Å². The van der Waals surface area contributed by atoms with Gasteiger partial charge < -0.3 is 14.8 Å². The van der Waals surface area contributed by atoms with Crippen LogP contribution >= 0.6 is 11.3 Å². The van der Waals surface area contributed by atoms with Gasteiger partial charge in [-0.1, -0.05) is 6.07 Å². The molecule has 0 saturated carbocycles. The number of carbonyl (C=O) groups excluding carboxylic acids is 1. The van der Waals surface area contributed by atoms with E-state index in [1.807, 2.05) is 23.6 Å². The summed E-state index contributed by atoms with van der Waals surface area (Å²) >= 11 is 1.40. The lowest BCUT2D eigenvalue weighted by molar-refractivity contribution is 0.0714. The number of nitrogens with zero attached hydrogens (tertiary/aromatic N) is 1. The maximum atomic E-state index is 12.3. The van der Waals surface area contributed by atoms with E-state index in [-0.39, 0.29) is 12.5 Å². The molecule has 3 rings (SSSR count). The van der Waals surface area contributed by atoms with E-state index in [4.69, 9.17) is 9.68 Å². The second-order valence-corrected chi connectivity index (χ2v) is 6.17. The Labute approximate surface area is 142 Å². The van der Waals surface area contributed by atoms with Gasteiger partial charge in [0.1, 0.15) is 5.60 Å². The molecule has 2 N–H and O–H groups in total. The lowest BCUT2D eigenvalue weighted by Gasteiger charge is -2.26. The van der Waals surface area contributed by atoms with Crippen LogP contribution in [-0.4, -0.2) is 17.6 Å².